The number of benzene rings is 8. The largest absolute Gasteiger partial charge is 0.0625 e. The Bertz CT molecular complexity index is 4570. The van der Waals surface area contributed by atoms with Crippen LogP contribution >= 0.6 is 0 Å². The maximum atomic E-state index is 2.49. The molecule has 0 radical (unpaired) electrons. The molecule has 0 N–H and O–H groups in total. The number of hydrogen-bond acceptors (Lipinski definition) is 0. The average molecular weight is 1830 g/mol. The lowest BCUT2D eigenvalue weighted by Crippen LogP contribution is -2.29. The van der Waals surface area contributed by atoms with Crippen molar-refractivity contribution in [2.75, 3.05) is 0 Å². The Labute approximate surface area is 836 Å². The first kappa shape index (κ1) is 104. The number of hydrogen-bond donors (Lipinski definition) is 0. The van der Waals surface area contributed by atoms with Gasteiger partial charge in [-0.2, -0.15) is 0 Å². The van der Waals surface area contributed by atoms with Crippen LogP contribution in [0.25, 0.3) is 33.4 Å². The molecule has 8 aromatic rings. The summed E-state index contributed by atoms with van der Waals surface area (Å²) in [6, 6.07) is 72.3. The van der Waals surface area contributed by atoms with Crippen molar-refractivity contribution in [2.24, 2.45) is 107 Å². The monoisotopic (exact) mass is 1830 g/mol. The van der Waals surface area contributed by atoms with Gasteiger partial charge >= 0.3 is 0 Å². The van der Waals surface area contributed by atoms with Crippen LogP contribution in [0, 0.1) is 134 Å². The molecule has 0 heteroatoms. The molecule has 0 unspecified atom stereocenters. The Hall–Kier alpha value is -6.24. The van der Waals surface area contributed by atoms with Crippen LogP contribution < -0.4 is 0 Å². The topological polar surface area (TPSA) is 0 Å². The first-order valence-corrected chi connectivity index (χ1v) is 58.9. The molecule has 12 saturated carbocycles. The van der Waals surface area contributed by atoms with Crippen molar-refractivity contribution in [2.45, 2.75) is 453 Å². The highest BCUT2D eigenvalue weighted by molar-refractivity contribution is 5.74. The predicted octanol–water partition coefficient (Wildman–Crippen LogP) is 41.5. The van der Waals surface area contributed by atoms with Crippen molar-refractivity contribution in [1.29, 1.82) is 0 Å². The van der Waals surface area contributed by atoms with Gasteiger partial charge in [0, 0.05) is 0 Å². The van der Waals surface area contributed by atoms with Crippen LogP contribution in [0.15, 0.2) is 188 Å². The second kappa shape index (κ2) is 53.7. The molecule has 12 aliphatic carbocycles. The van der Waals surface area contributed by atoms with E-state index >= 15 is 0 Å². The molecule has 0 aliphatic heterocycles. The third-order valence-electron chi connectivity index (χ3n) is 39.4. The number of aryl methyl sites for hydroxylation is 6. The molecule has 0 spiro atoms. The summed E-state index contributed by atoms with van der Waals surface area (Å²) >= 11 is 0. The molecule has 0 heterocycles. The van der Waals surface area contributed by atoms with Crippen molar-refractivity contribution in [1.82, 2.24) is 0 Å². The van der Waals surface area contributed by atoms with Gasteiger partial charge in [-0.25, -0.2) is 0 Å². The summed E-state index contributed by atoms with van der Waals surface area (Å²) in [5.74, 6) is 22.4. The smallest absolute Gasteiger partial charge is 0.0154 e. The van der Waals surface area contributed by atoms with Crippen molar-refractivity contribution < 1.29 is 0 Å². The normalized spacial score (nSPS) is 31.2. The highest BCUT2D eigenvalue weighted by atomic mass is 14.4. The SMILES string of the molecule is CC1CCC(CCc2ccc(-c3ccc(C4CCC(C)CC4)cc3)cc2)CC1.CC1CCC(c2ccc(C3CCC(C4CCC(C)CC4)CC3)cc2)CC1.CC1CCCCC1.Cc1ccc(-c2ccc(-c3ccc(C4CCC(C)CC4)cc3)cc2C)cc1.Cc1ccc(C2CCC(C3CCC(C4CCC(C)CC4)CC3)CC2)cc1.Cc1ccc(CCC2CCC(C3CCC(C)CC3)CC2)cc1. The van der Waals surface area contributed by atoms with E-state index in [1.54, 1.807) is 47.9 Å². The first-order valence-electron chi connectivity index (χ1n) is 58.9. The molecule has 0 saturated heterocycles. The molecule has 8 aromatic carbocycles. The Kier molecular flexibility index (Phi) is 41.1. The fourth-order valence-corrected chi connectivity index (χ4v) is 28.9. The van der Waals surface area contributed by atoms with Crippen LogP contribution in [0.2, 0.25) is 0 Å². The minimum atomic E-state index is 0.765. The zero-order chi connectivity index (χ0) is 94.5. The fraction of sp³-hybridized carbons (Fsp3) is 0.647. The van der Waals surface area contributed by atoms with Crippen LogP contribution in [0.1, 0.15) is 474 Å². The zero-order valence-corrected chi connectivity index (χ0v) is 89.2. The van der Waals surface area contributed by atoms with E-state index in [-0.39, 0.29) is 0 Å². The lowest BCUT2D eigenvalue weighted by Gasteiger charge is -2.41. The molecule has 740 valence electrons. The molecule has 0 amide bonds. The summed E-state index contributed by atoms with van der Waals surface area (Å²) in [5, 5.41) is 0. The fourth-order valence-electron chi connectivity index (χ4n) is 28.9. The first-order chi connectivity index (χ1) is 66.2. The summed E-state index contributed by atoms with van der Waals surface area (Å²) < 4.78 is 0. The Morgan fingerprint density at radius 1 is 0.176 bits per heavy atom. The van der Waals surface area contributed by atoms with Crippen LogP contribution in [0.3, 0.4) is 0 Å². The molecular weight excluding hydrogens is 1630 g/mol. The van der Waals surface area contributed by atoms with Gasteiger partial charge in [-0.15, -0.1) is 0 Å². The minimum Gasteiger partial charge on any atom is -0.0625 e. The average Bonchev–Trinajstić information content (AvgIpc) is 0.794. The minimum absolute atomic E-state index is 0.765. The summed E-state index contributed by atoms with van der Waals surface area (Å²) in [6.45, 7) is 28.1. The van der Waals surface area contributed by atoms with Gasteiger partial charge in [0.2, 0.25) is 0 Å². The van der Waals surface area contributed by atoms with Crippen LogP contribution in [-0.4, -0.2) is 0 Å². The van der Waals surface area contributed by atoms with Crippen molar-refractivity contribution in [3.05, 3.63) is 249 Å². The van der Waals surface area contributed by atoms with E-state index in [0.717, 1.165) is 136 Å². The summed E-state index contributed by atoms with van der Waals surface area (Å²) in [4.78, 5) is 0. The third kappa shape index (κ3) is 32.1. The van der Waals surface area contributed by atoms with Crippen molar-refractivity contribution in [3.63, 3.8) is 0 Å². The van der Waals surface area contributed by atoms with E-state index in [4.69, 9.17) is 0 Å². The van der Waals surface area contributed by atoms with Gasteiger partial charge in [0.1, 0.15) is 0 Å². The second-order valence-corrected chi connectivity index (χ2v) is 50.0. The van der Waals surface area contributed by atoms with Gasteiger partial charge in [-0.3, -0.25) is 0 Å². The third-order valence-corrected chi connectivity index (χ3v) is 39.4. The lowest BCUT2D eigenvalue weighted by molar-refractivity contribution is 0.112. The van der Waals surface area contributed by atoms with E-state index in [9.17, 15) is 0 Å². The van der Waals surface area contributed by atoms with Gasteiger partial charge in [0.15, 0.2) is 0 Å². The van der Waals surface area contributed by atoms with Crippen molar-refractivity contribution >= 4 is 0 Å². The summed E-state index contributed by atoms with van der Waals surface area (Å²) in [7, 11) is 0. The summed E-state index contributed by atoms with van der Waals surface area (Å²) in [6.07, 6.45) is 77.4. The van der Waals surface area contributed by atoms with Gasteiger partial charge in [0.05, 0.1) is 0 Å². The maximum Gasteiger partial charge on any atom is -0.0154 e. The van der Waals surface area contributed by atoms with Gasteiger partial charge in [-0.05, 0) is 434 Å². The molecular formula is C136H196. The number of rotatable bonds is 18. The van der Waals surface area contributed by atoms with E-state index in [1.165, 1.54) is 387 Å². The van der Waals surface area contributed by atoms with E-state index in [0.29, 0.717) is 0 Å². The Morgan fingerprint density at radius 3 is 0.676 bits per heavy atom. The van der Waals surface area contributed by atoms with Gasteiger partial charge in [0.25, 0.3) is 0 Å². The highest BCUT2D eigenvalue weighted by Crippen LogP contribution is 2.51. The lowest BCUT2D eigenvalue weighted by atomic mass is 9.65. The molecule has 0 aromatic heterocycles. The second-order valence-electron chi connectivity index (χ2n) is 50.0. The van der Waals surface area contributed by atoms with Gasteiger partial charge < -0.3 is 0 Å². The van der Waals surface area contributed by atoms with Crippen LogP contribution in [-0.2, 0) is 12.8 Å². The molecule has 20 rings (SSSR count). The molecule has 0 nitrogen and oxygen atoms in total. The van der Waals surface area contributed by atoms with Gasteiger partial charge in [-0.1, -0.05) is 408 Å². The molecule has 136 heavy (non-hydrogen) atoms. The Morgan fingerprint density at radius 2 is 0.375 bits per heavy atom. The molecule has 0 bridgehead atoms. The highest BCUT2D eigenvalue weighted by Gasteiger charge is 2.37. The standard InChI is InChI=1S/C28H38.C27H30.2C26H40.C22H34.C7H14/c1-21-3-7-23(8-4-21)9-10-24-11-15-26(16-12-24)28-19-17-27(18-20-28)25-13-5-22(2)6-14-25;1-19-4-8-22(9-5-19)23-12-14-24(15-13-23)26-16-17-27(21(3)18-26)25-10-6-20(2)7-11-25;2*1-19-3-7-21(8-4-19)23-11-15-25(16-12-23)26-17-13-24(14-18-26)22-9-5-20(2)6-10-22;1-17-3-7-19(8-4-17)9-10-20-11-15-22(16-12-20)21-13-5-18(2)6-14-21;1-7-5-3-2-4-6-7/h11-12,15-23,25H,3-10,13-14H2,1-2H3;6-7,10-19,22H,4-5,8-9H2,1-3H3;11-12,15-16,19-22,24,26H,3-10,13-14,17-18H2,1-2H3;3-4,7-8,20,22-26H,5-6,9-18H2,1-2H3;3-4,7-8,18,20-22H,5-6,9-16H2,1-2H3;7H,2-6H2,1H3. The van der Waals surface area contributed by atoms with E-state index in [2.05, 4.69) is 271 Å². The predicted molar refractivity (Wildman–Crippen MR) is 592 cm³/mol. The van der Waals surface area contributed by atoms with Crippen LogP contribution in [0.4, 0.5) is 0 Å². The molecule has 12 aliphatic rings. The maximum absolute atomic E-state index is 2.49. The summed E-state index contributed by atoms with van der Waals surface area (Å²) in [5.41, 5.74) is 24.4. The van der Waals surface area contributed by atoms with Crippen molar-refractivity contribution in [3.8, 4) is 33.4 Å². The van der Waals surface area contributed by atoms with E-state index in [1.807, 2.05) is 0 Å². The molecule has 0 atom stereocenters. The van der Waals surface area contributed by atoms with Crippen LogP contribution in [0.5, 0.6) is 0 Å². The zero-order valence-electron chi connectivity index (χ0n) is 89.2. The quantitative estimate of drug-likeness (QED) is 0.0803. The Balaban J connectivity index is 0.000000127. The van der Waals surface area contributed by atoms with E-state index < -0.39 is 0 Å². The molecule has 12 fully saturated rings.